The van der Waals surface area contributed by atoms with Gasteiger partial charge in [-0.1, -0.05) is 19.1 Å². The second kappa shape index (κ2) is 6.04. The molecular weight excluding hydrogens is 302 g/mol. The second-order valence-corrected chi connectivity index (χ2v) is 7.84. The van der Waals surface area contributed by atoms with E-state index < -0.39 is 0 Å². The van der Waals surface area contributed by atoms with Crippen molar-refractivity contribution in [2.45, 2.75) is 38.6 Å². The molecule has 1 aromatic carbocycles. The third kappa shape index (κ3) is 2.67. The van der Waals surface area contributed by atoms with E-state index in [-0.39, 0.29) is 0 Å². The summed E-state index contributed by atoms with van der Waals surface area (Å²) in [7, 11) is 0. The van der Waals surface area contributed by atoms with Gasteiger partial charge in [0.25, 0.3) is 0 Å². The van der Waals surface area contributed by atoms with E-state index in [0.29, 0.717) is 17.9 Å². The number of ether oxygens (including phenoxy) is 1. The van der Waals surface area contributed by atoms with Gasteiger partial charge < -0.3 is 10.1 Å². The van der Waals surface area contributed by atoms with Crippen LogP contribution in [0.4, 0.5) is 5.69 Å². The number of hydrogen-bond donors (Lipinski definition) is 1. The van der Waals surface area contributed by atoms with Gasteiger partial charge in [-0.2, -0.15) is 0 Å². The maximum absolute atomic E-state index is 5.83. The van der Waals surface area contributed by atoms with Gasteiger partial charge in [0.1, 0.15) is 5.75 Å². The maximum atomic E-state index is 5.83. The molecule has 1 aliphatic carbocycles. The Hall–Kier alpha value is -1.74. The topological polar surface area (TPSA) is 21.3 Å². The van der Waals surface area contributed by atoms with E-state index in [0.717, 1.165) is 25.2 Å². The highest BCUT2D eigenvalue weighted by atomic mass is 32.1. The Kier molecular flexibility index (Phi) is 3.90. The number of nitrogens with one attached hydrogen (secondary N) is 1. The van der Waals surface area contributed by atoms with Crippen LogP contribution in [0.5, 0.6) is 5.75 Å². The molecule has 0 spiro atoms. The summed E-state index contributed by atoms with van der Waals surface area (Å²) in [5, 5.41) is 3.80. The first-order valence-corrected chi connectivity index (χ1v) is 9.34. The molecule has 0 amide bonds. The minimum Gasteiger partial charge on any atom is -0.494 e. The predicted octanol–water partition coefficient (Wildman–Crippen LogP) is 5.67. The van der Waals surface area contributed by atoms with Gasteiger partial charge in [-0.25, -0.2) is 0 Å². The largest absolute Gasteiger partial charge is 0.494 e. The van der Waals surface area contributed by atoms with E-state index in [1.807, 2.05) is 11.3 Å². The number of allylic oxidation sites excluding steroid dienone is 2. The minimum atomic E-state index is 0.420. The summed E-state index contributed by atoms with van der Waals surface area (Å²) in [6.45, 7) is 5.11. The first kappa shape index (κ1) is 14.8. The average Bonchev–Trinajstić information content (AvgIpc) is 3.21. The van der Waals surface area contributed by atoms with Crippen LogP contribution < -0.4 is 10.1 Å². The summed E-state index contributed by atoms with van der Waals surface area (Å²) in [5.41, 5.74) is 2.65. The van der Waals surface area contributed by atoms with Gasteiger partial charge in [-0.3, -0.25) is 0 Å². The lowest BCUT2D eigenvalue weighted by atomic mass is 9.79. The van der Waals surface area contributed by atoms with Crippen LogP contribution in [0.3, 0.4) is 0 Å². The lowest BCUT2D eigenvalue weighted by molar-refractivity contribution is 0.316. The molecule has 2 aliphatic rings. The van der Waals surface area contributed by atoms with E-state index in [1.165, 1.54) is 21.0 Å². The molecule has 1 aromatic heterocycles. The monoisotopic (exact) mass is 325 g/mol. The number of fused-ring (bicyclic) bond motifs is 3. The fourth-order valence-corrected chi connectivity index (χ4v) is 4.79. The average molecular weight is 325 g/mol. The molecular formula is C20H23NOS. The molecule has 4 rings (SSSR count). The molecule has 0 saturated heterocycles. The van der Waals surface area contributed by atoms with Crippen LogP contribution in [-0.2, 0) is 0 Å². The van der Waals surface area contributed by atoms with E-state index in [1.54, 1.807) is 0 Å². The fourth-order valence-electron chi connectivity index (χ4n) is 3.78. The van der Waals surface area contributed by atoms with E-state index in [9.17, 15) is 0 Å². The number of anilines is 1. The molecule has 2 nitrogen and oxygen atoms in total. The SMILES string of the molecule is CCCOc1ccc2c(c1)C1C=CCC1C(c1ccc(C)s1)N2. The van der Waals surface area contributed by atoms with Crippen LogP contribution in [0.25, 0.3) is 0 Å². The van der Waals surface area contributed by atoms with Crippen LogP contribution in [-0.4, -0.2) is 6.61 Å². The Bertz CT molecular complexity index is 733. The van der Waals surface area contributed by atoms with Crippen molar-refractivity contribution in [3.05, 3.63) is 57.8 Å². The van der Waals surface area contributed by atoms with E-state index >= 15 is 0 Å². The zero-order valence-electron chi connectivity index (χ0n) is 13.7. The van der Waals surface area contributed by atoms with Crippen LogP contribution in [0.1, 0.15) is 47.0 Å². The Balaban J connectivity index is 1.68. The Labute approximate surface area is 142 Å². The molecule has 0 bridgehead atoms. The minimum absolute atomic E-state index is 0.420. The van der Waals surface area contributed by atoms with Crippen molar-refractivity contribution in [2.24, 2.45) is 5.92 Å². The van der Waals surface area contributed by atoms with Crippen molar-refractivity contribution in [1.82, 2.24) is 0 Å². The lowest BCUT2D eigenvalue weighted by Crippen LogP contribution is -2.28. The molecule has 3 unspecified atom stereocenters. The molecule has 23 heavy (non-hydrogen) atoms. The predicted molar refractivity (Wildman–Crippen MR) is 97.6 cm³/mol. The number of aryl methyl sites for hydroxylation is 1. The van der Waals surface area contributed by atoms with E-state index in [4.69, 9.17) is 4.74 Å². The quantitative estimate of drug-likeness (QED) is 0.731. The fraction of sp³-hybridized carbons (Fsp3) is 0.400. The maximum Gasteiger partial charge on any atom is 0.119 e. The van der Waals surface area contributed by atoms with Crippen LogP contribution in [0.15, 0.2) is 42.5 Å². The van der Waals surface area contributed by atoms with Gasteiger partial charge in [-0.05, 0) is 61.6 Å². The number of benzene rings is 1. The normalized spacial score (nSPS) is 24.9. The van der Waals surface area contributed by atoms with Gasteiger partial charge in [0.15, 0.2) is 0 Å². The number of rotatable bonds is 4. The van der Waals surface area contributed by atoms with Gasteiger partial charge in [-0.15, -0.1) is 11.3 Å². The Morgan fingerprint density at radius 1 is 1.26 bits per heavy atom. The molecule has 2 heterocycles. The van der Waals surface area contributed by atoms with Gasteiger partial charge >= 0.3 is 0 Å². The summed E-state index contributed by atoms with van der Waals surface area (Å²) in [6, 6.07) is 11.5. The molecule has 3 atom stereocenters. The smallest absolute Gasteiger partial charge is 0.119 e. The highest BCUT2D eigenvalue weighted by molar-refractivity contribution is 7.12. The molecule has 0 radical (unpaired) electrons. The van der Waals surface area contributed by atoms with Crippen LogP contribution >= 0.6 is 11.3 Å². The summed E-state index contributed by atoms with van der Waals surface area (Å²) in [4.78, 5) is 2.84. The standard InChI is InChI=1S/C20H23NOS/c1-3-11-22-14-8-9-18-17(12-14)15-5-4-6-16(15)20(21-18)19-10-7-13(2)23-19/h4-5,7-10,12,15-16,20-21H,3,6,11H2,1-2H3. The van der Waals surface area contributed by atoms with Crippen molar-refractivity contribution < 1.29 is 4.74 Å². The second-order valence-electron chi connectivity index (χ2n) is 6.52. The van der Waals surface area contributed by atoms with Crippen molar-refractivity contribution in [1.29, 1.82) is 0 Å². The highest BCUT2D eigenvalue weighted by Crippen LogP contribution is 2.51. The first-order chi connectivity index (χ1) is 11.3. The zero-order valence-corrected chi connectivity index (χ0v) is 14.5. The zero-order chi connectivity index (χ0) is 15.8. The summed E-state index contributed by atoms with van der Waals surface area (Å²) >= 11 is 1.92. The third-order valence-electron chi connectivity index (χ3n) is 4.87. The number of thiophene rings is 1. The molecule has 120 valence electrons. The molecule has 0 saturated carbocycles. The summed E-state index contributed by atoms with van der Waals surface area (Å²) in [5.74, 6) is 2.11. The van der Waals surface area contributed by atoms with Crippen LogP contribution in [0.2, 0.25) is 0 Å². The molecule has 1 N–H and O–H groups in total. The molecule has 0 fully saturated rings. The van der Waals surface area contributed by atoms with Crippen molar-refractivity contribution >= 4 is 17.0 Å². The van der Waals surface area contributed by atoms with Crippen molar-refractivity contribution in [2.75, 3.05) is 11.9 Å². The Morgan fingerprint density at radius 3 is 2.96 bits per heavy atom. The third-order valence-corrected chi connectivity index (χ3v) is 5.96. The summed E-state index contributed by atoms with van der Waals surface area (Å²) in [6.07, 6.45) is 6.93. The first-order valence-electron chi connectivity index (χ1n) is 8.52. The molecule has 3 heteroatoms. The highest BCUT2D eigenvalue weighted by Gasteiger charge is 2.38. The van der Waals surface area contributed by atoms with Gasteiger partial charge in [0.05, 0.1) is 12.6 Å². The van der Waals surface area contributed by atoms with E-state index in [2.05, 4.69) is 61.6 Å². The molecule has 1 aliphatic heterocycles. The van der Waals surface area contributed by atoms with Gasteiger partial charge in [0.2, 0.25) is 0 Å². The van der Waals surface area contributed by atoms with Crippen molar-refractivity contribution in [3.8, 4) is 5.75 Å². The van der Waals surface area contributed by atoms with Gasteiger partial charge in [0, 0.05) is 21.4 Å². The lowest BCUT2D eigenvalue weighted by Gasteiger charge is -2.37. The molecule has 2 aromatic rings. The Morgan fingerprint density at radius 2 is 2.17 bits per heavy atom. The summed E-state index contributed by atoms with van der Waals surface area (Å²) < 4.78 is 5.83. The number of hydrogen-bond acceptors (Lipinski definition) is 3. The van der Waals surface area contributed by atoms with Crippen LogP contribution in [0, 0.1) is 12.8 Å². The van der Waals surface area contributed by atoms with Crippen molar-refractivity contribution in [3.63, 3.8) is 0 Å².